The molecule has 0 saturated carbocycles. The van der Waals surface area contributed by atoms with E-state index in [0.29, 0.717) is 44.8 Å². The van der Waals surface area contributed by atoms with Gasteiger partial charge in [-0.1, -0.05) is 43.9 Å². The molecule has 2 amide bonds. The number of oxazole rings is 1. The van der Waals surface area contributed by atoms with E-state index in [4.69, 9.17) is 24.1 Å². The van der Waals surface area contributed by atoms with Gasteiger partial charge in [-0.15, -0.1) is 0 Å². The second kappa shape index (κ2) is 11.3. The summed E-state index contributed by atoms with van der Waals surface area (Å²) in [6.07, 6.45) is 12.0. The van der Waals surface area contributed by atoms with E-state index in [0.717, 1.165) is 22.6 Å². The van der Waals surface area contributed by atoms with Gasteiger partial charge in [-0.3, -0.25) is 5.21 Å². The van der Waals surface area contributed by atoms with Crippen LogP contribution in [0.25, 0.3) is 11.1 Å². The van der Waals surface area contributed by atoms with Gasteiger partial charge in [-0.05, 0) is 24.3 Å². The first-order valence-electron chi connectivity index (χ1n) is 10.9. The highest BCUT2D eigenvalue weighted by Crippen LogP contribution is 2.37. The van der Waals surface area contributed by atoms with Crippen molar-refractivity contribution in [3.63, 3.8) is 0 Å². The van der Waals surface area contributed by atoms with Crippen molar-refractivity contribution in [2.24, 2.45) is 5.92 Å². The molecule has 8 nitrogen and oxygen atoms in total. The summed E-state index contributed by atoms with van der Waals surface area (Å²) in [6, 6.07) is -0.481. The van der Waals surface area contributed by atoms with Gasteiger partial charge in [0.25, 0.3) is 0 Å². The third-order valence-corrected chi connectivity index (χ3v) is 5.90. The summed E-state index contributed by atoms with van der Waals surface area (Å²) in [7, 11) is 3.38. The summed E-state index contributed by atoms with van der Waals surface area (Å²) in [5, 5.41) is 8.88. The van der Waals surface area contributed by atoms with Gasteiger partial charge >= 0.3 is 6.03 Å². The van der Waals surface area contributed by atoms with Crippen molar-refractivity contribution in [2.45, 2.75) is 38.2 Å². The molecule has 1 saturated heterocycles. The number of likely N-dealkylation sites (tertiary alicyclic amines) is 1. The summed E-state index contributed by atoms with van der Waals surface area (Å²) in [5.74, 6) is 1.67. The molecule has 0 radical (unpaired) electrons. The van der Waals surface area contributed by atoms with Gasteiger partial charge in [-0.25, -0.2) is 15.3 Å². The predicted molar refractivity (Wildman–Crippen MR) is 122 cm³/mol. The van der Waals surface area contributed by atoms with Crippen LogP contribution in [0.2, 0.25) is 0 Å². The van der Waals surface area contributed by atoms with Crippen molar-refractivity contribution < 1.29 is 23.9 Å². The van der Waals surface area contributed by atoms with Crippen LogP contribution in [-0.2, 0) is 9.47 Å². The van der Waals surface area contributed by atoms with Gasteiger partial charge in [0, 0.05) is 45.2 Å². The third kappa shape index (κ3) is 5.56. The molecule has 2 atom stereocenters. The number of aromatic nitrogens is 1. The highest BCUT2D eigenvalue weighted by molar-refractivity contribution is 5.80. The molecule has 2 aliphatic rings. The van der Waals surface area contributed by atoms with Crippen LogP contribution in [0.3, 0.4) is 0 Å². The Hall–Kier alpha value is -2.68. The van der Waals surface area contributed by atoms with E-state index in [1.54, 1.807) is 30.7 Å². The monoisotopic (exact) mass is 443 g/mol. The van der Waals surface area contributed by atoms with Crippen LogP contribution >= 0.6 is 0 Å². The van der Waals surface area contributed by atoms with E-state index in [-0.39, 0.29) is 17.9 Å². The van der Waals surface area contributed by atoms with Gasteiger partial charge < -0.3 is 18.8 Å². The van der Waals surface area contributed by atoms with Crippen molar-refractivity contribution in [3.8, 4) is 0 Å². The molecule has 0 aromatic carbocycles. The molecule has 1 aromatic heterocycles. The SMILES string of the molecule is C=C/C(=C\[C@@H](C)COC)c1nc(C2CCN(C(=O)NO)CC2)oc1C1=CC=CC(OC)C1. The lowest BCUT2D eigenvalue weighted by atomic mass is 9.96. The number of hydrogen-bond acceptors (Lipinski definition) is 6. The van der Waals surface area contributed by atoms with Crippen LogP contribution in [0.1, 0.15) is 49.4 Å². The predicted octanol–water partition coefficient (Wildman–Crippen LogP) is 4.16. The van der Waals surface area contributed by atoms with Crippen LogP contribution in [0.15, 0.2) is 41.4 Å². The number of carbonyl (C=O) groups excluding carboxylic acids is 1. The molecule has 174 valence electrons. The number of rotatable bonds is 8. The number of amides is 2. The Morgan fingerprint density at radius 3 is 2.81 bits per heavy atom. The highest BCUT2D eigenvalue weighted by atomic mass is 16.5. The van der Waals surface area contributed by atoms with Gasteiger partial charge in [0.1, 0.15) is 5.69 Å². The molecular formula is C24H33N3O5. The van der Waals surface area contributed by atoms with Crippen LogP contribution in [0.4, 0.5) is 4.79 Å². The Bertz CT molecular complexity index is 893. The minimum Gasteiger partial charge on any atom is -0.440 e. The second-order valence-electron chi connectivity index (χ2n) is 8.22. The topological polar surface area (TPSA) is 97.1 Å². The Morgan fingerprint density at radius 1 is 1.44 bits per heavy atom. The first-order valence-corrected chi connectivity index (χ1v) is 10.9. The molecule has 2 heterocycles. The number of allylic oxidation sites excluding steroid dienone is 4. The lowest BCUT2D eigenvalue weighted by Crippen LogP contribution is -2.43. The van der Waals surface area contributed by atoms with E-state index < -0.39 is 6.03 Å². The normalized spacial score (nSPS) is 20.8. The zero-order valence-corrected chi connectivity index (χ0v) is 19.0. The van der Waals surface area contributed by atoms with Gasteiger partial charge in [-0.2, -0.15) is 0 Å². The summed E-state index contributed by atoms with van der Waals surface area (Å²) in [6.45, 7) is 7.73. The number of methoxy groups -OCH3 is 2. The standard InChI is InChI=1S/C24H33N3O5/c1-5-17(13-16(2)15-30-3)21-22(19-7-6-8-20(14-19)31-4)32-23(25-21)18-9-11-27(12-10-18)24(28)26-29/h5-8,13,16,18,20,29H,1,9-12,14-15H2,2-4H3,(H,26,28)/b17-13+/t16-,20?/m1/s1. The second-order valence-corrected chi connectivity index (χ2v) is 8.22. The number of urea groups is 1. The van der Waals surface area contributed by atoms with E-state index >= 15 is 0 Å². The summed E-state index contributed by atoms with van der Waals surface area (Å²) in [4.78, 5) is 18.2. The molecule has 1 aliphatic heterocycles. The van der Waals surface area contributed by atoms with Crippen LogP contribution < -0.4 is 5.48 Å². The molecule has 1 aromatic rings. The molecule has 2 N–H and O–H groups in total. The minimum atomic E-state index is -0.481. The van der Waals surface area contributed by atoms with Gasteiger partial charge in [0.15, 0.2) is 11.7 Å². The van der Waals surface area contributed by atoms with E-state index in [1.807, 2.05) is 18.2 Å². The number of hydrogen-bond donors (Lipinski definition) is 2. The van der Waals surface area contributed by atoms with E-state index in [1.165, 1.54) is 0 Å². The fourth-order valence-electron chi connectivity index (χ4n) is 4.16. The molecule has 0 spiro atoms. The summed E-state index contributed by atoms with van der Waals surface area (Å²) in [5.41, 5.74) is 4.40. The Balaban J connectivity index is 1.93. The van der Waals surface area contributed by atoms with Crippen LogP contribution in [-0.4, -0.2) is 61.1 Å². The molecule has 32 heavy (non-hydrogen) atoms. The number of nitrogens with zero attached hydrogens (tertiary/aromatic N) is 2. The molecular weight excluding hydrogens is 410 g/mol. The Kier molecular flexibility index (Phi) is 8.44. The number of carbonyl (C=O) groups is 1. The van der Waals surface area contributed by atoms with Gasteiger partial charge in [0.05, 0.1) is 12.7 Å². The summed E-state index contributed by atoms with van der Waals surface area (Å²) >= 11 is 0. The zero-order valence-electron chi connectivity index (χ0n) is 19.0. The third-order valence-electron chi connectivity index (χ3n) is 5.90. The molecule has 3 rings (SSSR count). The van der Waals surface area contributed by atoms with Crippen molar-refractivity contribution in [2.75, 3.05) is 33.9 Å². The molecule has 1 unspecified atom stereocenters. The van der Waals surface area contributed by atoms with E-state index in [2.05, 4.69) is 19.6 Å². The van der Waals surface area contributed by atoms with Crippen LogP contribution in [0.5, 0.6) is 0 Å². The number of hydroxylamine groups is 1. The number of piperidine rings is 1. The lowest BCUT2D eigenvalue weighted by Gasteiger charge is -2.29. The average molecular weight is 444 g/mol. The fraction of sp³-hybridized carbons (Fsp3) is 0.500. The maximum atomic E-state index is 11.7. The molecule has 0 bridgehead atoms. The first kappa shape index (κ1) is 24.0. The summed E-state index contributed by atoms with van der Waals surface area (Å²) < 4.78 is 17.2. The minimum absolute atomic E-state index is 0.0137. The average Bonchev–Trinajstić information content (AvgIpc) is 3.27. The molecule has 1 aliphatic carbocycles. The number of nitrogens with one attached hydrogen (secondary N) is 1. The fourth-order valence-corrected chi connectivity index (χ4v) is 4.16. The zero-order chi connectivity index (χ0) is 23.1. The maximum Gasteiger partial charge on any atom is 0.341 e. The van der Waals surface area contributed by atoms with Crippen molar-refractivity contribution in [3.05, 3.63) is 54.3 Å². The smallest absolute Gasteiger partial charge is 0.341 e. The van der Waals surface area contributed by atoms with Crippen molar-refractivity contribution >= 4 is 17.2 Å². The molecule has 8 heteroatoms. The van der Waals surface area contributed by atoms with Crippen LogP contribution in [0, 0.1) is 5.92 Å². The van der Waals surface area contributed by atoms with Crippen molar-refractivity contribution in [1.82, 2.24) is 15.4 Å². The van der Waals surface area contributed by atoms with Crippen molar-refractivity contribution in [1.29, 1.82) is 0 Å². The lowest BCUT2D eigenvalue weighted by molar-refractivity contribution is 0.118. The Morgan fingerprint density at radius 2 is 2.19 bits per heavy atom. The highest BCUT2D eigenvalue weighted by Gasteiger charge is 2.30. The largest absolute Gasteiger partial charge is 0.440 e. The quantitative estimate of drug-likeness (QED) is 0.356. The molecule has 1 fully saturated rings. The van der Waals surface area contributed by atoms with Gasteiger partial charge in [0.2, 0.25) is 0 Å². The first-order chi connectivity index (χ1) is 15.5. The number of ether oxygens (including phenoxy) is 2. The maximum absolute atomic E-state index is 11.7. The Labute approximate surface area is 189 Å². The van der Waals surface area contributed by atoms with E-state index in [9.17, 15) is 4.79 Å².